The highest BCUT2D eigenvalue weighted by Gasteiger charge is 2.38. The Hall–Kier alpha value is -2.68. The summed E-state index contributed by atoms with van der Waals surface area (Å²) in [6.07, 6.45) is 3.50. The van der Waals surface area contributed by atoms with Crippen LogP contribution in [0.2, 0.25) is 0 Å². The highest BCUT2D eigenvalue weighted by atomic mass is 16.5. The van der Waals surface area contributed by atoms with Gasteiger partial charge in [0.15, 0.2) is 0 Å². The minimum absolute atomic E-state index is 0.0829. The summed E-state index contributed by atoms with van der Waals surface area (Å²) < 4.78 is 12.7. The summed E-state index contributed by atoms with van der Waals surface area (Å²) in [5.74, 6) is -0.724. The summed E-state index contributed by atoms with van der Waals surface area (Å²) in [5.41, 5.74) is -2.74. The van der Waals surface area contributed by atoms with Crippen LogP contribution >= 0.6 is 0 Å². The average molecular weight is 365 g/mol. The molecule has 0 bridgehead atoms. The highest BCUT2D eigenvalue weighted by molar-refractivity contribution is 5.69. The zero-order valence-electron chi connectivity index (χ0n) is 14.8. The van der Waals surface area contributed by atoms with E-state index in [0.29, 0.717) is 17.8 Å². The lowest BCUT2D eigenvalue weighted by molar-refractivity contribution is -0.171. The molecule has 2 heterocycles. The van der Waals surface area contributed by atoms with Crippen LogP contribution in [0, 0.1) is 5.41 Å². The third-order valence-corrected chi connectivity index (χ3v) is 4.40. The largest absolute Gasteiger partial charge is 0.464 e. The predicted octanol–water partition coefficient (Wildman–Crippen LogP) is -0.486. The first-order valence-electron chi connectivity index (χ1n) is 8.28. The van der Waals surface area contributed by atoms with Gasteiger partial charge in [0.2, 0.25) is 0 Å². The van der Waals surface area contributed by atoms with E-state index >= 15 is 0 Å². The third kappa shape index (κ3) is 3.77. The standard InChI is InChI=1S/C17H23N3O6/c1-4-7-18-14(22)19(8-5-2)16(24)20(15(18)23)9-13(21)26-12-17(6-3)10-25-11-17/h4-5H,1-2,6-12H2,3H3. The van der Waals surface area contributed by atoms with E-state index in [0.717, 1.165) is 15.6 Å². The van der Waals surface area contributed by atoms with E-state index in [2.05, 4.69) is 13.2 Å². The van der Waals surface area contributed by atoms with E-state index in [-0.39, 0.29) is 25.1 Å². The molecule has 1 aromatic heterocycles. The lowest BCUT2D eigenvalue weighted by atomic mass is 9.84. The number of rotatable bonds is 9. The summed E-state index contributed by atoms with van der Waals surface area (Å²) in [6, 6.07) is 0. The summed E-state index contributed by atoms with van der Waals surface area (Å²) in [4.78, 5) is 49.3. The Morgan fingerprint density at radius 1 is 1.08 bits per heavy atom. The van der Waals surface area contributed by atoms with E-state index in [9.17, 15) is 19.2 Å². The van der Waals surface area contributed by atoms with Gasteiger partial charge in [0, 0.05) is 0 Å². The maximum atomic E-state index is 12.4. The van der Waals surface area contributed by atoms with Crippen LogP contribution in [0.4, 0.5) is 0 Å². The second-order valence-electron chi connectivity index (χ2n) is 6.24. The molecule has 0 aliphatic carbocycles. The Morgan fingerprint density at radius 3 is 1.96 bits per heavy atom. The van der Waals surface area contributed by atoms with Gasteiger partial charge >= 0.3 is 23.0 Å². The number of nitrogens with zero attached hydrogens (tertiary/aromatic N) is 3. The number of allylic oxidation sites excluding steroid dienone is 2. The van der Waals surface area contributed by atoms with Gasteiger partial charge in [-0.05, 0) is 6.42 Å². The van der Waals surface area contributed by atoms with E-state index in [1.807, 2.05) is 6.92 Å². The normalized spacial score (nSPS) is 15.1. The highest BCUT2D eigenvalue weighted by Crippen LogP contribution is 2.31. The molecule has 0 spiro atoms. The number of carbonyl (C=O) groups excluding carboxylic acids is 1. The molecule has 2 rings (SSSR count). The van der Waals surface area contributed by atoms with E-state index in [4.69, 9.17) is 9.47 Å². The molecule has 9 nitrogen and oxygen atoms in total. The van der Waals surface area contributed by atoms with Crippen LogP contribution in [0.3, 0.4) is 0 Å². The van der Waals surface area contributed by atoms with Gasteiger partial charge in [-0.2, -0.15) is 0 Å². The molecule has 0 amide bonds. The van der Waals surface area contributed by atoms with Gasteiger partial charge < -0.3 is 9.47 Å². The zero-order valence-corrected chi connectivity index (χ0v) is 14.8. The van der Waals surface area contributed by atoms with E-state index < -0.39 is 29.6 Å². The fourth-order valence-electron chi connectivity index (χ4n) is 2.58. The minimum atomic E-state index is -0.880. The van der Waals surface area contributed by atoms with Crippen LogP contribution in [0.1, 0.15) is 13.3 Å². The molecule has 26 heavy (non-hydrogen) atoms. The topological polar surface area (TPSA) is 102 Å². The van der Waals surface area contributed by atoms with Gasteiger partial charge in [0.1, 0.15) is 13.2 Å². The molecule has 0 aromatic carbocycles. The van der Waals surface area contributed by atoms with Crippen molar-refractivity contribution in [1.82, 2.24) is 13.7 Å². The minimum Gasteiger partial charge on any atom is -0.464 e. The number of aromatic nitrogens is 3. The van der Waals surface area contributed by atoms with Gasteiger partial charge in [0.05, 0.1) is 31.7 Å². The van der Waals surface area contributed by atoms with Crippen LogP contribution < -0.4 is 17.1 Å². The molecule has 1 aliphatic rings. The van der Waals surface area contributed by atoms with Crippen LogP contribution in [-0.2, 0) is 33.9 Å². The first-order chi connectivity index (χ1) is 12.4. The van der Waals surface area contributed by atoms with Crippen molar-refractivity contribution >= 4 is 5.97 Å². The lowest BCUT2D eigenvalue weighted by Gasteiger charge is -2.39. The molecule has 0 unspecified atom stereocenters. The van der Waals surface area contributed by atoms with E-state index in [1.54, 1.807) is 0 Å². The average Bonchev–Trinajstić information content (AvgIpc) is 2.59. The zero-order chi connectivity index (χ0) is 19.3. The van der Waals surface area contributed by atoms with Crippen LogP contribution in [0.5, 0.6) is 0 Å². The van der Waals surface area contributed by atoms with Crippen molar-refractivity contribution < 1.29 is 14.3 Å². The fourth-order valence-corrected chi connectivity index (χ4v) is 2.58. The SMILES string of the molecule is C=CCn1c(=O)n(CC=C)c(=O)n(CC(=O)OCC2(CC)COC2)c1=O. The Kier molecular flexibility index (Phi) is 6.14. The predicted molar refractivity (Wildman–Crippen MR) is 94.1 cm³/mol. The molecule has 0 saturated carbocycles. The molecule has 0 atom stereocenters. The smallest absolute Gasteiger partial charge is 0.337 e. The van der Waals surface area contributed by atoms with Crippen molar-refractivity contribution in [3.8, 4) is 0 Å². The second kappa shape index (κ2) is 8.13. The Bertz CT molecular complexity index is 818. The van der Waals surface area contributed by atoms with Gasteiger partial charge in [-0.15, -0.1) is 13.2 Å². The van der Waals surface area contributed by atoms with Gasteiger partial charge in [-0.25, -0.2) is 28.1 Å². The molecule has 9 heteroatoms. The second-order valence-corrected chi connectivity index (χ2v) is 6.24. The van der Waals surface area contributed by atoms with Gasteiger partial charge in [-0.3, -0.25) is 4.79 Å². The van der Waals surface area contributed by atoms with Crippen molar-refractivity contribution in [2.45, 2.75) is 33.0 Å². The molecule has 1 fully saturated rings. The van der Waals surface area contributed by atoms with Crippen molar-refractivity contribution in [3.05, 3.63) is 56.8 Å². The van der Waals surface area contributed by atoms with Crippen molar-refractivity contribution in [3.63, 3.8) is 0 Å². The first kappa shape index (κ1) is 19.6. The maximum Gasteiger partial charge on any atom is 0.337 e. The molecule has 0 radical (unpaired) electrons. The summed E-state index contributed by atoms with van der Waals surface area (Å²) in [6.45, 7) is 9.38. The number of hydrogen-bond acceptors (Lipinski definition) is 6. The molecular formula is C17H23N3O6. The molecule has 142 valence electrons. The number of carbonyl (C=O) groups is 1. The molecule has 0 N–H and O–H groups in total. The van der Waals surface area contributed by atoms with Crippen molar-refractivity contribution in [2.24, 2.45) is 5.41 Å². The number of hydrogen-bond donors (Lipinski definition) is 0. The molecule has 1 aliphatic heterocycles. The number of esters is 1. The molecule has 1 aromatic rings. The van der Waals surface area contributed by atoms with Gasteiger partial charge in [-0.1, -0.05) is 19.1 Å². The van der Waals surface area contributed by atoms with Crippen molar-refractivity contribution in [1.29, 1.82) is 0 Å². The maximum absolute atomic E-state index is 12.4. The Morgan fingerprint density at radius 2 is 1.58 bits per heavy atom. The quantitative estimate of drug-likeness (QED) is 0.432. The van der Waals surface area contributed by atoms with Gasteiger partial charge in [0.25, 0.3) is 0 Å². The Labute approximate surface area is 149 Å². The summed E-state index contributed by atoms with van der Waals surface area (Å²) in [5, 5.41) is 0. The first-order valence-corrected chi connectivity index (χ1v) is 8.28. The lowest BCUT2D eigenvalue weighted by Crippen LogP contribution is -2.55. The third-order valence-electron chi connectivity index (χ3n) is 4.40. The van der Waals surface area contributed by atoms with Crippen LogP contribution in [0.15, 0.2) is 39.7 Å². The number of ether oxygens (including phenoxy) is 2. The fraction of sp³-hybridized carbons (Fsp3) is 0.529. The molecule has 1 saturated heterocycles. The van der Waals surface area contributed by atoms with Crippen molar-refractivity contribution in [2.75, 3.05) is 19.8 Å². The summed E-state index contributed by atoms with van der Waals surface area (Å²) in [7, 11) is 0. The van der Waals surface area contributed by atoms with Crippen LogP contribution in [-0.4, -0.2) is 39.5 Å². The molecular weight excluding hydrogens is 342 g/mol. The monoisotopic (exact) mass is 365 g/mol. The summed E-state index contributed by atoms with van der Waals surface area (Å²) >= 11 is 0. The van der Waals surface area contributed by atoms with Crippen LogP contribution in [0.25, 0.3) is 0 Å². The van der Waals surface area contributed by atoms with E-state index in [1.165, 1.54) is 12.2 Å². The Balaban J connectivity index is 2.30.